The van der Waals surface area contributed by atoms with Crippen LogP contribution in [0.5, 0.6) is 11.5 Å². The zero-order chi connectivity index (χ0) is 17.0. The van der Waals surface area contributed by atoms with Gasteiger partial charge in [0.2, 0.25) is 0 Å². The summed E-state index contributed by atoms with van der Waals surface area (Å²) in [6, 6.07) is 4.35. The van der Waals surface area contributed by atoms with Gasteiger partial charge in [0.15, 0.2) is 11.5 Å². The first kappa shape index (κ1) is 17.0. The number of piperazine rings is 1. The normalized spacial score (nSPS) is 17.3. The Balaban J connectivity index is 2.46. The quantitative estimate of drug-likeness (QED) is 0.598. The monoisotopic (exact) mass is 320 g/mol. The fraction of sp³-hybridized carbons (Fsp3) is 0.533. The second-order valence-electron chi connectivity index (χ2n) is 5.39. The zero-order valence-corrected chi connectivity index (χ0v) is 13.5. The van der Waals surface area contributed by atoms with Crippen LogP contribution < -0.4 is 9.47 Å². The van der Waals surface area contributed by atoms with Crippen LogP contribution in [0.2, 0.25) is 0 Å². The summed E-state index contributed by atoms with van der Waals surface area (Å²) in [5.41, 5.74) is 0.202. The van der Waals surface area contributed by atoms with Crippen molar-refractivity contribution in [1.82, 2.24) is 9.80 Å². The summed E-state index contributed by atoms with van der Waals surface area (Å²) in [5, 5.41) is 21.0. The molecule has 1 aliphatic rings. The molecule has 0 aliphatic carbocycles. The van der Waals surface area contributed by atoms with E-state index in [1.165, 1.54) is 26.4 Å². The van der Waals surface area contributed by atoms with Crippen molar-refractivity contribution in [2.75, 3.05) is 47.4 Å². The van der Waals surface area contributed by atoms with E-state index in [-0.39, 0.29) is 11.4 Å². The third kappa shape index (κ3) is 3.52. The minimum absolute atomic E-state index is 0.131. The molecule has 1 saturated heterocycles. The lowest BCUT2D eigenvalue weighted by Gasteiger charge is -2.35. The van der Waals surface area contributed by atoms with E-state index in [1.807, 2.05) is 11.9 Å². The van der Waals surface area contributed by atoms with Gasteiger partial charge in [-0.3, -0.25) is 15.0 Å². The number of likely N-dealkylation sites (N-methyl/N-ethyl adjacent to an activating group) is 1. The maximum atomic E-state index is 11.4. The van der Waals surface area contributed by atoms with Crippen molar-refractivity contribution in [3.05, 3.63) is 27.8 Å². The number of hydrogen-bond acceptors (Lipinski definition) is 7. The molecule has 124 valence electrons. The lowest BCUT2D eigenvalue weighted by Crippen LogP contribution is -2.45. The third-order valence-electron chi connectivity index (χ3n) is 4.05. The van der Waals surface area contributed by atoms with Crippen LogP contribution in [0, 0.1) is 21.4 Å². The van der Waals surface area contributed by atoms with Crippen molar-refractivity contribution in [2.24, 2.45) is 0 Å². The van der Waals surface area contributed by atoms with E-state index in [2.05, 4.69) is 11.0 Å². The largest absolute Gasteiger partial charge is 0.493 e. The van der Waals surface area contributed by atoms with Crippen molar-refractivity contribution in [3.8, 4) is 17.6 Å². The first-order chi connectivity index (χ1) is 11.0. The molecule has 0 spiro atoms. The highest BCUT2D eigenvalue weighted by atomic mass is 16.6. The minimum atomic E-state index is -0.691. The maximum absolute atomic E-state index is 11.4. The molecule has 0 saturated carbocycles. The molecule has 1 aromatic rings. The number of nitro groups is 1. The van der Waals surface area contributed by atoms with Crippen molar-refractivity contribution in [1.29, 1.82) is 5.26 Å². The summed E-state index contributed by atoms with van der Waals surface area (Å²) in [6.45, 7) is 3.00. The lowest BCUT2D eigenvalue weighted by atomic mass is 10.0. The molecule has 0 N–H and O–H groups in total. The molecular formula is C15H20N4O4. The van der Waals surface area contributed by atoms with Crippen LogP contribution in [-0.2, 0) is 0 Å². The highest BCUT2D eigenvalue weighted by molar-refractivity contribution is 5.56. The predicted molar refractivity (Wildman–Crippen MR) is 83.6 cm³/mol. The van der Waals surface area contributed by atoms with Crippen molar-refractivity contribution in [3.63, 3.8) is 0 Å². The van der Waals surface area contributed by atoms with E-state index in [1.54, 1.807) is 0 Å². The summed E-state index contributed by atoms with van der Waals surface area (Å²) in [5.74, 6) is 0.653. The van der Waals surface area contributed by atoms with E-state index in [4.69, 9.17) is 9.47 Å². The van der Waals surface area contributed by atoms with Gasteiger partial charge in [0.25, 0.3) is 5.69 Å². The zero-order valence-electron chi connectivity index (χ0n) is 13.5. The summed E-state index contributed by atoms with van der Waals surface area (Å²) in [6.07, 6.45) is 0. The summed E-state index contributed by atoms with van der Waals surface area (Å²) in [4.78, 5) is 15.0. The van der Waals surface area contributed by atoms with Gasteiger partial charge < -0.3 is 14.4 Å². The third-order valence-corrected chi connectivity index (χ3v) is 4.05. The molecule has 1 fully saturated rings. The Morgan fingerprint density at radius 2 is 1.78 bits per heavy atom. The molecular weight excluding hydrogens is 300 g/mol. The molecule has 1 unspecified atom stereocenters. The average Bonchev–Trinajstić information content (AvgIpc) is 2.56. The van der Waals surface area contributed by atoms with Gasteiger partial charge >= 0.3 is 0 Å². The Morgan fingerprint density at radius 1 is 1.22 bits per heavy atom. The van der Waals surface area contributed by atoms with Crippen LogP contribution in [0.1, 0.15) is 11.6 Å². The molecule has 1 atom stereocenters. The van der Waals surface area contributed by atoms with Crippen LogP contribution in [0.25, 0.3) is 0 Å². The number of methoxy groups -OCH3 is 2. The molecule has 23 heavy (non-hydrogen) atoms. The van der Waals surface area contributed by atoms with E-state index in [0.717, 1.165) is 13.1 Å². The van der Waals surface area contributed by atoms with Gasteiger partial charge in [-0.05, 0) is 13.1 Å². The van der Waals surface area contributed by atoms with Gasteiger partial charge in [-0.25, -0.2) is 0 Å². The Morgan fingerprint density at radius 3 is 2.26 bits per heavy atom. The first-order valence-corrected chi connectivity index (χ1v) is 7.24. The molecule has 0 aromatic heterocycles. The van der Waals surface area contributed by atoms with E-state index < -0.39 is 11.0 Å². The second kappa shape index (κ2) is 7.26. The van der Waals surface area contributed by atoms with Gasteiger partial charge in [-0.15, -0.1) is 0 Å². The molecule has 8 heteroatoms. The maximum Gasteiger partial charge on any atom is 0.279 e. The molecule has 0 amide bonds. The van der Waals surface area contributed by atoms with Gasteiger partial charge in [0.1, 0.15) is 6.04 Å². The van der Waals surface area contributed by atoms with Gasteiger partial charge in [0.05, 0.1) is 36.8 Å². The number of nitro benzene ring substituents is 1. The molecule has 1 aromatic carbocycles. The Hall–Kier alpha value is -2.37. The fourth-order valence-electron chi connectivity index (χ4n) is 2.69. The Bertz CT molecular complexity index is 621. The number of benzene rings is 1. The van der Waals surface area contributed by atoms with Gasteiger partial charge in [0, 0.05) is 26.2 Å². The smallest absolute Gasteiger partial charge is 0.279 e. The minimum Gasteiger partial charge on any atom is -0.493 e. The lowest BCUT2D eigenvalue weighted by molar-refractivity contribution is -0.385. The summed E-state index contributed by atoms with van der Waals surface area (Å²) in [7, 11) is 4.89. The fourth-order valence-corrected chi connectivity index (χ4v) is 2.69. The predicted octanol–water partition coefficient (Wildman–Crippen LogP) is 1.42. The highest BCUT2D eigenvalue weighted by Gasteiger charge is 2.31. The summed E-state index contributed by atoms with van der Waals surface area (Å²) < 4.78 is 10.3. The van der Waals surface area contributed by atoms with E-state index in [9.17, 15) is 15.4 Å². The van der Waals surface area contributed by atoms with Gasteiger partial charge in [-0.2, -0.15) is 5.26 Å². The van der Waals surface area contributed by atoms with Crippen LogP contribution in [0.3, 0.4) is 0 Å². The molecule has 0 bridgehead atoms. The van der Waals surface area contributed by atoms with Crippen LogP contribution in [-0.4, -0.2) is 62.2 Å². The Labute approximate surface area is 135 Å². The molecule has 0 radical (unpaired) electrons. The second-order valence-corrected chi connectivity index (χ2v) is 5.39. The van der Waals surface area contributed by atoms with Crippen molar-refractivity contribution in [2.45, 2.75) is 6.04 Å². The van der Waals surface area contributed by atoms with E-state index in [0.29, 0.717) is 24.4 Å². The molecule has 1 heterocycles. The number of nitriles is 1. The first-order valence-electron chi connectivity index (χ1n) is 7.24. The number of nitrogens with zero attached hydrogens (tertiary/aromatic N) is 4. The van der Waals surface area contributed by atoms with Crippen LogP contribution >= 0.6 is 0 Å². The van der Waals surface area contributed by atoms with E-state index >= 15 is 0 Å². The molecule has 2 rings (SSSR count). The molecule has 8 nitrogen and oxygen atoms in total. The SMILES string of the molecule is COc1cc(C(C#N)N2CCN(C)CC2)c([N+](=O)[O-])cc1OC. The molecule has 1 aliphatic heterocycles. The van der Waals surface area contributed by atoms with Crippen LogP contribution in [0.4, 0.5) is 5.69 Å². The topological polar surface area (TPSA) is 91.9 Å². The van der Waals surface area contributed by atoms with Crippen molar-refractivity contribution >= 4 is 5.69 Å². The Kier molecular flexibility index (Phi) is 5.36. The van der Waals surface area contributed by atoms with Crippen molar-refractivity contribution < 1.29 is 14.4 Å². The van der Waals surface area contributed by atoms with Crippen LogP contribution in [0.15, 0.2) is 12.1 Å². The standard InChI is InChI=1S/C15H20N4O4/c1-17-4-6-18(7-5-17)13(10-16)11-8-14(22-2)15(23-3)9-12(11)19(20)21/h8-9,13H,4-7H2,1-3H3. The number of ether oxygens (including phenoxy) is 2. The number of hydrogen-bond donors (Lipinski definition) is 0. The van der Waals surface area contributed by atoms with Gasteiger partial charge in [-0.1, -0.05) is 0 Å². The highest BCUT2D eigenvalue weighted by Crippen LogP contribution is 2.39. The summed E-state index contributed by atoms with van der Waals surface area (Å²) >= 11 is 0. The average molecular weight is 320 g/mol. The number of rotatable bonds is 5.